The van der Waals surface area contributed by atoms with Gasteiger partial charge in [-0.25, -0.2) is 8.98 Å². The summed E-state index contributed by atoms with van der Waals surface area (Å²) in [5.74, 6) is 0. The predicted molar refractivity (Wildman–Crippen MR) is 61.1 cm³/mol. The fourth-order valence-corrected chi connectivity index (χ4v) is 4.34. The number of urea groups is 1. The van der Waals surface area contributed by atoms with Gasteiger partial charge in [-0.3, -0.25) is 4.90 Å². The van der Waals surface area contributed by atoms with Crippen molar-refractivity contribution in [2.24, 2.45) is 0 Å². The van der Waals surface area contributed by atoms with Gasteiger partial charge in [-0.1, -0.05) is 34.8 Å². The van der Waals surface area contributed by atoms with E-state index in [-0.39, 0.29) is 19.0 Å². The van der Waals surface area contributed by atoms with Gasteiger partial charge in [0.15, 0.2) is 0 Å². The predicted octanol–water partition coefficient (Wildman–Crippen LogP) is 1.16. The maximum Gasteiger partial charge on any atom is 0.423 e. The molecule has 0 aromatic carbocycles. The van der Waals surface area contributed by atoms with E-state index in [9.17, 15) is 13.2 Å². The molecule has 11 heteroatoms. The number of piperidine rings is 1. The van der Waals surface area contributed by atoms with E-state index in [1.54, 1.807) is 0 Å². The lowest BCUT2D eigenvalue weighted by Crippen LogP contribution is -2.62. The Bertz CT molecular complexity index is 520. The number of hydroxylamine groups is 2. The van der Waals surface area contributed by atoms with Gasteiger partial charge in [0, 0.05) is 13.0 Å². The number of nitrogens with zero attached hydrogens (tertiary/aromatic N) is 2. The summed E-state index contributed by atoms with van der Waals surface area (Å²) in [6.45, 7) is 0.197. The fourth-order valence-electron chi connectivity index (χ4n) is 2.45. The standard InChI is InChI=1S/C7H7Cl3N2O5S/c8-7(9,10)6-2-1-4-3-11(6)5(13)12(4)17-18(14,15)16-6/h4H,1-3H2/t4-,6+/m1/s1. The molecular formula is C7H7Cl3N2O5S. The second kappa shape index (κ2) is 3.56. The molecule has 0 aromatic rings. The molecule has 0 saturated carbocycles. The van der Waals surface area contributed by atoms with Gasteiger partial charge in [0.05, 0.1) is 6.04 Å². The third-order valence-corrected chi connectivity index (χ3v) is 4.96. The lowest BCUT2D eigenvalue weighted by molar-refractivity contribution is -0.107. The zero-order valence-electron chi connectivity index (χ0n) is 8.68. The summed E-state index contributed by atoms with van der Waals surface area (Å²) in [7, 11) is -4.45. The minimum Gasteiger partial charge on any atom is -0.287 e. The summed E-state index contributed by atoms with van der Waals surface area (Å²) >= 11 is 17.5. The minimum atomic E-state index is -4.45. The molecule has 0 N–H and O–H groups in total. The fraction of sp³-hybridized carbons (Fsp3) is 0.857. The molecule has 0 unspecified atom stereocenters. The molecule has 3 saturated heterocycles. The molecule has 18 heavy (non-hydrogen) atoms. The van der Waals surface area contributed by atoms with Gasteiger partial charge >= 0.3 is 16.4 Å². The smallest absolute Gasteiger partial charge is 0.287 e. The Morgan fingerprint density at radius 1 is 1.39 bits per heavy atom. The molecule has 0 spiro atoms. The van der Waals surface area contributed by atoms with Crippen LogP contribution in [0.25, 0.3) is 0 Å². The van der Waals surface area contributed by atoms with Gasteiger partial charge in [0.1, 0.15) is 0 Å². The quantitative estimate of drug-likeness (QED) is 0.620. The highest BCUT2D eigenvalue weighted by atomic mass is 35.6. The number of carbonyl (C=O) groups excluding carboxylic acids is 1. The Morgan fingerprint density at radius 2 is 2.06 bits per heavy atom. The van der Waals surface area contributed by atoms with E-state index in [0.717, 1.165) is 9.96 Å². The van der Waals surface area contributed by atoms with E-state index in [4.69, 9.17) is 39.0 Å². The lowest BCUT2D eigenvalue weighted by Gasteiger charge is -2.45. The maximum absolute atomic E-state index is 12.0. The van der Waals surface area contributed by atoms with Crippen molar-refractivity contribution in [2.45, 2.75) is 28.4 Å². The van der Waals surface area contributed by atoms with Gasteiger partial charge < -0.3 is 0 Å². The number of fused-ring (bicyclic) bond motifs is 3. The van der Waals surface area contributed by atoms with Gasteiger partial charge in [-0.2, -0.15) is 13.5 Å². The maximum atomic E-state index is 12.0. The largest absolute Gasteiger partial charge is 0.423 e. The first-order valence-electron chi connectivity index (χ1n) is 4.99. The van der Waals surface area contributed by atoms with E-state index < -0.39 is 25.9 Å². The van der Waals surface area contributed by atoms with Crippen molar-refractivity contribution >= 4 is 51.2 Å². The molecule has 0 radical (unpaired) electrons. The number of hydrogen-bond donors (Lipinski definition) is 0. The van der Waals surface area contributed by atoms with Crippen molar-refractivity contribution in [3.8, 4) is 0 Å². The Hall–Kier alpha value is 0.01000. The molecule has 2 atom stereocenters. The molecule has 7 nitrogen and oxygen atoms in total. The Balaban J connectivity index is 2.20. The van der Waals surface area contributed by atoms with Crippen LogP contribution in [-0.2, 0) is 18.9 Å². The van der Waals surface area contributed by atoms with Crippen LogP contribution in [0.2, 0.25) is 0 Å². The molecule has 3 heterocycles. The summed E-state index contributed by atoms with van der Waals surface area (Å²) in [4.78, 5) is 13.1. The van der Waals surface area contributed by atoms with Gasteiger partial charge in [-0.05, 0) is 6.42 Å². The van der Waals surface area contributed by atoms with Crippen molar-refractivity contribution in [3.05, 3.63) is 0 Å². The molecule has 3 aliphatic heterocycles. The van der Waals surface area contributed by atoms with Crippen molar-refractivity contribution in [2.75, 3.05) is 6.54 Å². The van der Waals surface area contributed by atoms with Crippen LogP contribution >= 0.6 is 34.8 Å². The van der Waals surface area contributed by atoms with Gasteiger partial charge in [0.25, 0.3) is 0 Å². The molecule has 3 bridgehead atoms. The summed E-state index contributed by atoms with van der Waals surface area (Å²) in [5, 5.41) is 0.764. The number of carbonyl (C=O) groups is 1. The van der Waals surface area contributed by atoms with Crippen LogP contribution in [0.5, 0.6) is 0 Å². The molecule has 2 amide bonds. The van der Waals surface area contributed by atoms with Gasteiger partial charge in [-0.15, -0.1) is 4.28 Å². The van der Waals surface area contributed by atoms with E-state index in [2.05, 4.69) is 4.28 Å². The molecule has 102 valence electrons. The van der Waals surface area contributed by atoms with Crippen LogP contribution in [0.3, 0.4) is 0 Å². The molecule has 3 aliphatic rings. The van der Waals surface area contributed by atoms with Crippen LogP contribution in [0, 0.1) is 0 Å². The molecule has 3 rings (SSSR count). The first-order chi connectivity index (χ1) is 8.16. The molecule has 0 aromatic heterocycles. The highest BCUT2D eigenvalue weighted by Gasteiger charge is 2.67. The highest BCUT2D eigenvalue weighted by molar-refractivity contribution is 7.81. The summed E-state index contributed by atoms with van der Waals surface area (Å²) in [5.41, 5.74) is -1.85. The third-order valence-electron chi connectivity index (χ3n) is 3.25. The summed E-state index contributed by atoms with van der Waals surface area (Å²) < 4.78 is 30.5. The third kappa shape index (κ3) is 1.56. The topological polar surface area (TPSA) is 76.1 Å². The van der Waals surface area contributed by atoms with Crippen molar-refractivity contribution in [1.29, 1.82) is 0 Å². The second-order valence-corrected chi connectivity index (χ2v) is 7.67. The number of hydrogen-bond acceptors (Lipinski definition) is 5. The van der Waals surface area contributed by atoms with E-state index in [1.165, 1.54) is 0 Å². The summed E-state index contributed by atoms with van der Waals surface area (Å²) in [6, 6.07) is -1.05. The Labute approximate surface area is 118 Å². The first kappa shape index (κ1) is 13.0. The zero-order valence-corrected chi connectivity index (χ0v) is 11.8. The van der Waals surface area contributed by atoms with Crippen LogP contribution < -0.4 is 0 Å². The van der Waals surface area contributed by atoms with Crippen LogP contribution in [0.15, 0.2) is 0 Å². The highest BCUT2D eigenvalue weighted by Crippen LogP contribution is 2.53. The molecule has 0 aliphatic carbocycles. The minimum absolute atomic E-state index is 0.0962. The van der Waals surface area contributed by atoms with E-state index >= 15 is 0 Å². The Morgan fingerprint density at radius 3 is 2.67 bits per heavy atom. The van der Waals surface area contributed by atoms with Crippen molar-refractivity contribution in [3.63, 3.8) is 0 Å². The number of halogens is 3. The van der Waals surface area contributed by atoms with Crippen molar-refractivity contribution < 1.29 is 21.7 Å². The Kier molecular flexibility index (Phi) is 2.57. The van der Waals surface area contributed by atoms with E-state index in [0.29, 0.717) is 6.42 Å². The normalized spacial score (nSPS) is 38.2. The molecule has 3 fully saturated rings. The lowest BCUT2D eigenvalue weighted by atomic mass is 9.98. The first-order valence-corrected chi connectivity index (χ1v) is 7.46. The second-order valence-electron chi connectivity index (χ2n) is 4.26. The van der Waals surface area contributed by atoms with Crippen LogP contribution in [0.4, 0.5) is 4.79 Å². The monoisotopic (exact) mass is 336 g/mol. The van der Waals surface area contributed by atoms with Gasteiger partial charge in [0.2, 0.25) is 9.52 Å². The van der Waals surface area contributed by atoms with Crippen molar-refractivity contribution in [1.82, 2.24) is 9.96 Å². The van der Waals surface area contributed by atoms with Crippen LogP contribution in [0.1, 0.15) is 12.8 Å². The average molecular weight is 338 g/mol. The van der Waals surface area contributed by atoms with E-state index in [1.807, 2.05) is 0 Å². The number of rotatable bonds is 0. The SMILES string of the molecule is O=C1N2OS(=O)(=O)O[C@]3(C(Cl)(Cl)Cl)CC[C@@H]2CN13. The number of alkyl halides is 3. The average Bonchev–Trinajstić information content (AvgIpc) is 2.39. The summed E-state index contributed by atoms with van der Waals surface area (Å²) in [6.07, 6.45) is 0.519. The number of amides is 2. The van der Waals surface area contributed by atoms with Crippen LogP contribution in [-0.4, -0.2) is 46.5 Å². The zero-order chi connectivity index (χ0) is 13.3. The molecular weight excluding hydrogens is 331 g/mol.